The lowest BCUT2D eigenvalue weighted by molar-refractivity contribution is 0.316. The average Bonchev–Trinajstić information content (AvgIpc) is 2.10. The SMILES string of the molecule is C1=CNC1.CCCCCC(CC)=NO. The molecule has 0 atom stereocenters. The third-order valence-corrected chi connectivity index (χ3v) is 2.09. The van der Waals surface area contributed by atoms with E-state index >= 15 is 0 Å². The Kier molecular flexibility index (Phi) is 9.38. The number of hydrogen-bond donors (Lipinski definition) is 2. The van der Waals surface area contributed by atoms with Crippen molar-refractivity contribution in [3.8, 4) is 0 Å². The van der Waals surface area contributed by atoms with Gasteiger partial charge < -0.3 is 10.5 Å². The lowest BCUT2D eigenvalue weighted by Gasteiger charge is -1.99. The number of unbranched alkanes of at least 4 members (excludes halogenated alkanes) is 2. The van der Waals surface area contributed by atoms with Crippen molar-refractivity contribution in [1.29, 1.82) is 0 Å². The summed E-state index contributed by atoms with van der Waals surface area (Å²) in [5, 5.41) is 14.5. The Morgan fingerprint density at radius 3 is 2.29 bits per heavy atom. The zero-order valence-corrected chi connectivity index (χ0v) is 9.29. The lowest BCUT2D eigenvalue weighted by atomic mass is 10.1. The Morgan fingerprint density at radius 1 is 1.43 bits per heavy atom. The van der Waals surface area contributed by atoms with Crippen LogP contribution in [0.5, 0.6) is 0 Å². The molecule has 0 aromatic rings. The van der Waals surface area contributed by atoms with Crippen molar-refractivity contribution in [1.82, 2.24) is 5.32 Å². The van der Waals surface area contributed by atoms with Gasteiger partial charge in [-0.2, -0.15) is 0 Å². The van der Waals surface area contributed by atoms with Crippen LogP contribution in [-0.2, 0) is 0 Å². The van der Waals surface area contributed by atoms with Gasteiger partial charge in [0.1, 0.15) is 0 Å². The predicted molar refractivity (Wildman–Crippen MR) is 60.8 cm³/mol. The molecular weight excluding hydrogens is 176 g/mol. The van der Waals surface area contributed by atoms with E-state index in [1.165, 1.54) is 12.8 Å². The van der Waals surface area contributed by atoms with Crippen LogP contribution in [0, 0.1) is 0 Å². The highest BCUT2D eigenvalue weighted by Crippen LogP contribution is 2.02. The van der Waals surface area contributed by atoms with Crippen LogP contribution in [0.25, 0.3) is 0 Å². The molecule has 0 aromatic carbocycles. The molecule has 0 aromatic heterocycles. The van der Waals surface area contributed by atoms with Gasteiger partial charge in [0.15, 0.2) is 0 Å². The van der Waals surface area contributed by atoms with Gasteiger partial charge in [0, 0.05) is 6.54 Å². The molecular formula is C11H22N2O. The van der Waals surface area contributed by atoms with Gasteiger partial charge in [-0.15, -0.1) is 0 Å². The summed E-state index contributed by atoms with van der Waals surface area (Å²) in [6, 6.07) is 0. The molecule has 0 spiro atoms. The Balaban J connectivity index is 0.000000344. The zero-order valence-electron chi connectivity index (χ0n) is 9.29. The summed E-state index contributed by atoms with van der Waals surface area (Å²) in [5.74, 6) is 0. The molecule has 1 aliphatic heterocycles. The maximum absolute atomic E-state index is 8.41. The fourth-order valence-corrected chi connectivity index (χ4v) is 0.994. The number of oxime groups is 1. The second-order valence-corrected chi connectivity index (χ2v) is 3.29. The molecule has 3 nitrogen and oxygen atoms in total. The number of hydrogen-bond acceptors (Lipinski definition) is 3. The average molecular weight is 198 g/mol. The van der Waals surface area contributed by atoms with E-state index in [-0.39, 0.29) is 0 Å². The van der Waals surface area contributed by atoms with Crippen molar-refractivity contribution in [2.45, 2.75) is 46.0 Å². The molecule has 0 saturated carbocycles. The van der Waals surface area contributed by atoms with Gasteiger partial charge in [0.25, 0.3) is 0 Å². The van der Waals surface area contributed by atoms with Crippen LogP contribution in [0.3, 0.4) is 0 Å². The molecule has 0 aliphatic carbocycles. The highest BCUT2D eigenvalue weighted by atomic mass is 16.4. The van der Waals surface area contributed by atoms with Crippen LogP contribution in [0.4, 0.5) is 0 Å². The Hall–Kier alpha value is -0.990. The summed E-state index contributed by atoms with van der Waals surface area (Å²) < 4.78 is 0. The molecule has 1 rings (SSSR count). The largest absolute Gasteiger partial charge is 0.411 e. The Morgan fingerprint density at radius 2 is 2.00 bits per heavy atom. The second kappa shape index (κ2) is 10.1. The monoisotopic (exact) mass is 198 g/mol. The van der Waals surface area contributed by atoms with E-state index < -0.39 is 0 Å². The van der Waals surface area contributed by atoms with Crippen LogP contribution < -0.4 is 5.32 Å². The minimum atomic E-state index is 0.875. The number of nitrogens with zero attached hydrogens (tertiary/aromatic N) is 1. The molecule has 0 saturated heterocycles. The van der Waals surface area contributed by atoms with Crippen LogP contribution in [0.2, 0.25) is 0 Å². The molecule has 0 bridgehead atoms. The fourth-order valence-electron chi connectivity index (χ4n) is 0.994. The molecule has 0 unspecified atom stereocenters. The molecule has 82 valence electrons. The minimum Gasteiger partial charge on any atom is -0.411 e. The van der Waals surface area contributed by atoms with Gasteiger partial charge in [-0.3, -0.25) is 0 Å². The van der Waals surface area contributed by atoms with Gasteiger partial charge in [0.05, 0.1) is 5.71 Å². The fraction of sp³-hybridized carbons (Fsp3) is 0.727. The first-order chi connectivity index (χ1) is 6.85. The van der Waals surface area contributed by atoms with Gasteiger partial charge in [-0.05, 0) is 31.5 Å². The number of nitrogens with one attached hydrogen (secondary N) is 1. The van der Waals surface area contributed by atoms with Crippen LogP contribution in [0.1, 0.15) is 46.0 Å². The van der Waals surface area contributed by atoms with Crippen molar-refractivity contribution in [2.75, 3.05) is 6.54 Å². The molecule has 2 N–H and O–H groups in total. The topological polar surface area (TPSA) is 44.6 Å². The molecule has 0 radical (unpaired) electrons. The molecule has 0 fully saturated rings. The summed E-state index contributed by atoms with van der Waals surface area (Å²) in [6.07, 6.45) is 9.45. The smallest absolute Gasteiger partial charge is 0.0568 e. The standard InChI is InChI=1S/C8H17NO.C3H5N/c1-3-5-6-7-8(4-2)9-10;1-2-4-3-1/h10H,3-7H2,1-2H3;1-2,4H,3H2. The summed E-state index contributed by atoms with van der Waals surface area (Å²) in [5.41, 5.74) is 0.924. The molecule has 3 heteroatoms. The van der Waals surface area contributed by atoms with Crippen molar-refractivity contribution < 1.29 is 5.21 Å². The minimum absolute atomic E-state index is 0.875. The molecule has 0 amide bonds. The highest BCUT2D eigenvalue weighted by molar-refractivity contribution is 5.83. The van der Waals surface area contributed by atoms with Crippen molar-refractivity contribution >= 4 is 5.71 Å². The lowest BCUT2D eigenvalue weighted by Crippen LogP contribution is -2.12. The van der Waals surface area contributed by atoms with E-state index in [9.17, 15) is 0 Å². The summed E-state index contributed by atoms with van der Waals surface area (Å²) in [7, 11) is 0. The van der Waals surface area contributed by atoms with Crippen LogP contribution in [-0.4, -0.2) is 17.5 Å². The third-order valence-electron chi connectivity index (χ3n) is 2.09. The van der Waals surface area contributed by atoms with Gasteiger partial charge in [-0.1, -0.05) is 31.8 Å². The highest BCUT2D eigenvalue weighted by Gasteiger charge is 1.94. The normalized spacial score (nSPS) is 13.7. The maximum atomic E-state index is 8.41. The van der Waals surface area contributed by atoms with Crippen LogP contribution in [0.15, 0.2) is 17.4 Å². The van der Waals surface area contributed by atoms with E-state index in [2.05, 4.69) is 23.5 Å². The van der Waals surface area contributed by atoms with E-state index in [1.54, 1.807) is 0 Å². The quantitative estimate of drug-likeness (QED) is 0.309. The molecule has 14 heavy (non-hydrogen) atoms. The van der Waals surface area contributed by atoms with Gasteiger partial charge in [-0.25, -0.2) is 0 Å². The first kappa shape index (κ1) is 13.0. The summed E-state index contributed by atoms with van der Waals surface area (Å²) in [4.78, 5) is 0. The summed E-state index contributed by atoms with van der Waals surface area (Å²) in [6.45, 7) is 5.25. The zero-order chi connectivity index (χ0) is 10.6. The van der Waals surface area contributed by atoms with Crippen molar-refractivity contribution in [3.05, 3.63) is 12.3 Å². The molecule has 1 heterocycles. The predicted octanol–water partition coefficient (Wildman–Crippen LogP) is 2.91. The van der Waals surface area contributed by atoms with E-state index in [1.807, 2.05) is 13.1 Å². The van der Waals surface area contributed by atoms with E-state index in [0.717, 1.165) is 31.5 Å². The van der Waals surface area contributed by atoms with E-state index in [4.69, 9.17) is 5.21 Å². The Labute approximate surface area is 86.9 Å². The third kappa shape index (κ3) is 7.65. The summed E-state index contributed by atoms with van der Waals surface area (Å²) >= 11 is 0. The van der Waals surface area contributed by atoms with Gasteiger partial charge >= 0.3 is 0 Å². The van der Waals surface area contributed by atoms with Crippen LogP contribution >= 0.6 is 0 Å². The molecule has 1 aliphatic rings. The Bertz CT molecular complexity index is 170. The van der Waals surface area contributed by atoms with Crippen molar-refractivity contribution in [3.63, 3.8) is 0 Å². The maximum Gasteiger partial charge on any atom is 0.0568 e. The second-order valence-electron chi connectivity index (χ2n) is 3.29. The van der Waals surface area contributed by atoms with Crippen molar-refractivity contribution in [2.24, 2.45) is 5.16 Å². The van der Waals surface area contributed by atoms with Gasteiger partial charge in [0.2, 0.25) is 0 Å². The first-order valence-corrected chi connectivity index (χ1v) is 5.43. The number of rotatable bonds is 5. The first-order valence-electron chi connectivity index (χ1n) is 5.43. The van der Waals surface area contributed by atoms with E-state index in [0.29, 0.717) is 0 Å².